The van der Waals surface area contributed by atoms with E-state index in [2.05, 4.69) is 20.6 Å². The molecule has 0 saturated carbocycles. The van der Waals surface area contributed by atoms with Crippen molar-refractivity contribution in [3.63, 3.8) is 0 Å². The molecular formula is C6H6N5. The number of nitrogens with zero attached hydrogens (tertiary/aromatic N) is 5. The zero-order chi connectivity index (χ0) is 7.68. The van der Waals surface area contributed by atoms with E-state index in [4.69, 9.17) is 0 Å². The molecule has 1 aliphatic heterocycles. The molecule has 1 aliphatic rings. The minimum atomic E-state index is 0.738. The zero-order valence-corrected chi connectivity index (χ0v) is 5.97. The molecule has 0 aromatic carbocycles. The number of hydrogen-bond acceptors (Lipinski definition) is 3. The lowest BCUT2D eigenvalue weighted by Gasteiger charge is -1.93. The fourth-order valence-electron chi connectivity index (χ4n) is 0.880. The third-order valence-corrected chi connectivity index (χ3v) is 1.41. The highest BCUT2D eigenvalue weighted by atomic mass is 15.3. The molecule has 5 nitrogen and oxygen atoms in total. The van der Waals surface area contributed by atoms with Gasteiger partial charge in [-0.15, -0.1) is 5.10 Å². The average Bonchev–Trinajstić information content (AvgIpc) is 2.55. The van der Waals surface area contributed by atoms with E-state index >= 15 is 0 Å². The van der Waals surface area contributed by atoms with E-state index in [-0.39, 0.29) is 0 Å². The van der Waals surface area contributed by atoms with Crippen LogP contribution in [0.5, 0.6) is 0 Å². The second-order valence-electron chi connectivity index (χ2n) is 2.12. The van der Waals surface area contributed by atoms with Crippen molar-refractivity contribution in [1.82, 2.24) is 20.2 Å². The van der Waals surface area contributed by atoms with E-state index in [0.717, 1.165) is 11.5 Å². The lowest BCUT2D eigenvalue weighted by molar-refractivity contribution is 0.756. The molecule has 0 fully saturated rings. The molecule has 2 heterocycles. The van der Waals surface area contributed by atoms with Gasteiger partial charge < -0.3 is 0 Å². The minimum absolute atomic E-state index is 0.738. The molecule has 0 unspecified atom stereocenters. The van der Waals surface area contributed by atoms with E-state index in [1.807, 2.05) is 7.05 Å². The van der Waals surface area contributed by atoms with Crippen molar-refractivity contribution in [3.05, 3.63) is 24.4 Å². The van der Waals surface area contributed by atoms with Crippen molar-refractivity contribution in [3.8, 4) is 0 Å². The van der Waals surface area contributed by atoms with Crippen molar-refractivity contribution >= 4 is 5.71 Å². The maximum absolute atomic E-state index is 4.01. The fraction of sp³-hybridized carbons (Fsp3) is 0.167. The van der Waals surface area contributed by atoms with E-state index in [1.165, 1.54) is 6.33 Å². The van der Waals surface area contributed by atoms with Gasteiger partial charge in [0.05, 0.1) is 6.20 Å². The third-order valence-electron chi connectivity index (χ3n) is 1.41. The first kappa shape index (κ1) is 6.09. The first-order chi connectivity index (χ1) is 5.38. The fourth-order valence-corrected chi connectivity index (χ4v) is 0.880. The van der Waals surface area contributed by atoms with Crippen LogP contribution >= 0.6 is 0 Å². The highest BCUT2D eigenvalue weighted by Crippen LogP contribution is 1.99. The Morgan fingerprint density at radius 3 is 2.91 bits per heavy atom. The van der Waals surface area contributed by atoms with Crippen LogP contribution in [0.1, 0.15) is 5.82 Å². The summed E-state index contributed by atoms with van der Waals surface area (Å²) >= 11 is 0. The first-order valence-electron chi connectivity index (χ1n) is 3.16. The van der Waals surface area contributed by atoms with Gasteiger partial charge in [-0.1, -0.05) is 0 Å². The monoisotopic (exact) mass is 148 g/mol. The van der Waals surface area contributed by atoms with Crippen LogP contribution < -0.4 is 5.43 Å². The van der Waals surface area contributed by atoms with Gasteiger partial charge in [0.15, 0.2) is 5.82 Å². The summed E-state index contributed by atoms with van der Waals surface area (Å²) in [6.07, 6.45) is 4.91. The van der Waals surface area contributed by atoms with Gasteiger partial charge in [-0.25, -0.2) is 9.67 Å². The third kappa shape index (κ3) is 0.899. The van der Waals surface area contributed by atoms with Crippen molar-refractivity contribution in [1.29, 1.82) is 0 Å². The SMILES string of the molecule is Cn1ncnc1C1=N[N]C=C1. The van der Waals surface area contributed by atoms with Gasteiger partial charge in [-0.05, 0) is 6.08 Å². The van der Waals surface area contributed by atoms with Crippen LogP contribution in [-0.2, 0) is 7.05 Å². The van der Waals surface area contributed by atoms with Crippen molar-refractivity contribution in [2.45, 2.75) is 0 Å². The van der Waals surface area contributed by atoms with Gasteiger partial charge in [0.1, 0.15) is 12.0 Å². The van der Waals surface area contributed by atoms with E-state index < -0.39 is 0 Å². The second kappa shape index (κ2) is 2.19. The van der Waals surface area contributed by atoms with Gasteiger partial charge in [0.2, 0.25) is 0 Å². The van der Waals surface area contributed by atoms with Crippen LogP contribution in [0.3, 0.4) is 0 Å². The molecule has 11 heavy (non-hydrogen) atoms. The summed E-state index contributed by atoms with van der Waals surface area (Å²) in [7, 11) is 1.82. The Labute approximate surface area is 63.4 Å². The molecule has 55 valence electrons. The summed E-state index contributed by atoms with van der Waals surface area (Å²) in [6.45, 7) is 0. The molecule has 0 saturated heterocycles. The Balaban J connectivity index is 2.43. The van der Waals surface area contributed by atoms with Crippen LogP contribution in [0.25, 0.3) is 0 Å². The Hall–Kier alpha value is -1.65. The molecule has 1 aromatic rings. The van der Waals surface area contributed by atoms with Crippen LogP contribution in [0, 0.1) is 0 Å². The Kier molecular flexibility index (Phi) is 1.21. The number of rotatable bonds is 1. The molecular weight excluding hydrogens is 142 g/mol. The highest BCUT2D eigenvalue weighted by Gasteiger charge is 2.09. The number of allylic oxidation sites excluding steroid dienone is 1. The predicted octanol–water partition coefficient (Wildman–Crippen LogP) is -0.349. The molecule has 1 radical (unpaired) electrons. The van der Waals surface area contributed by atoms with E-state index in [0.29, 0.717) is 0 Å². The average molecular weight is 148 g/mol. The summed E-state index contributed by atoms with van der Waals surface area (Å²) in [5, 5.41) is 7.76. The van der Waals surface area contributed by atoms with Crippen molar-refractivity contribution < 1.29 is 0 Å². The molecule has 0 atom stereocenters. The lowest BCUT2D eigenvalue weighted by Crippen LogP contribution is -2.05. The molecule has 0 spiro atoms. The summed E-state index contributed by atoms with van der Waals surface area (Å²) in [5.74, 6) is 0.738. The summed E-state index contributed by atoms with van der Waals surface area (Å²) in [4.78, 5) is 4.01. The molecule has 0 N–H and O–H groups in total. The molecule has 5 heteroatoms. The maximum atomic E-state index is 4.01. The van der Waals surface area contributed by atoms with Crippen molar-refractivity contribution in [2.24, 2.45) is 12.1 Å². The highest BCUT2D eigenvalue weighted by molar-refractivity contribution is 6.06. The molecule has 1 aromatic heterocycles. The smallest absolute Gasteiger partial charge is 0.178 e. The first-order valence-corrected chi connectivity index (χ1v) is 3.16. The predicted molar refractivity (Wildman–Crippen MR) is 38.8 cm³/mol. The maximum Gasteiger partial charge on any atom is 0.178 e. The minimum Gasteiger partial charge on any atom is -0.248 e. The van der Waals surface area contributed by atoms with Crippen LogP contribution in [0.4, 0.5) is 0 Å². The quantitative estimate of drug-likeness (QED) is 0.546. The number of aromatic nitrogens is 3. The second-order valence-corrected chi connectivity index (χ2v) is 2.12. The molecule has 0 aliphatic carbocycles. The van der Waals surface area contributed by atoms with Gasteiger partial charge in [0, 0.05) is 7.05 Å². The van der Waals surface area contributed by atoms with Crippen LogP contribution in [-0.4, -0.2) is 20.5 Å². The Morgan fingerprint density at radius 1 is 1.45 bits per heavy atom. The standard InChI is InChI=1S/C6H6N5/c1-11-6(7-4-9-11)5-2-3-8-10-5/h2-4H,1H3. The Morgan fingerprint density at radius 2 is 2.36 bits per heavy atom. The van der Waals surface area contributed by atoms with Crippen molar-refractivity contribution in [2.75, 3.05) is 0 Å². The van der Waals surface area contributed by atoms with Gasteiger partial charge in [-0.3, -0.25) is 0 Å². The Bertz CT molecular complexity index is 321. The summed E-state index contributed by atoms with van der Waals surface area (Å²) < 4.78 is 1.66. The van der Waals surface area contributed by atoms with Crippen LogP contribution in [0.2, 0.25) is 0 Å². The van der Waals surface area contributed by atoms with Gasteiger partial charge in [0.25, 0.3) is 0 Å². The largest absolute Gasteiger partial charge is 0.248 e. The normalized spacial score (nSPS) is 14.8. The van der Waals surface area contributed by atoms with Gasteiger partial charge in [-0.2, -0.15) is 10.5 Å². The van der Waals surface area contributed by atoms with E-state index in [9.17, 15) is 0 Å². The summed E-state index contributed by atoms with van der Waals surface area (Å²) in [5.41, 5.74) is 4.44. The molecule has 2 rings (SSSR count). The lowest BCUT2D eigenvalue weighted by atomic mass is 10.3. The topological polar surface area (TPSA) is 57.2 Å². The summed E-state index contributed by atoms with van der Waals surface area (Å²) in [6, 6.07) is 0. The number of aryl methyl sites for hydroxylation is 1. The molecule has 0 amide bonds. The van der Waals surface area contributed by atoms with Crippen LogP contribution in [0.15, 0.2) is 23.7 Å². The zero-order valence-electron chi connectivity index (χ0n) is 5.97. The number of hydrogen-bond donors (Lipinski definition) is 0. The molecule has 0 bridgehead atoms. The van der Waals surface area contributed by atoms with E-state index in [1.54, 1.807) is 17.0 Å². The van der Waals surface area contributed by atoms with Gasteiger partial charge >= 0.3 is 0 Å².